The lowest BCUT2D eigenvalue weighted by Crippen LogP contribution is -2.21. The zero-order valence-electron chi connectivity index (χ0n) is 17.0. The second-order valence-electron chi connectivity index (χ2n) is 6.90. The number of nitrogens with one attached hydrogen (secondary N) is 1. The quantitative estimate of drug-likeness (QED) is 0.437. The number of hydrogen-bond acceptors (Lipinski definition) is 5. The fourth-order valence-corrected chi connectivity index (χ4v) is 6.00. The summed E-state index contributed by atoms with van der Waals surface area (Å²) in [5.74, 6) is -1.85. The largest absolute Gasteiger partial charge is 0.490 e. The zero-order chi connectivity index (χ0) is 23.8. The molecule has 0 amide bonds. The highest BCUT2D eigenvalue weighted by atomic mass is 35.5. The van der Waals surface area contributed by atoms with Crippen molar-refractivity contribution in [1.82, 2.24) is 5.32 Å². The SMILES string of the molecule is O=C(O)C(F)(F)F.O=S(=O)(CCCSc1c(Cl)ccc2c1CCNCC2)c1ccccc1. The molecule has 5 nitrogen and oxygen atoms in total. The van der Waals surface area contributed by atoms with Gasteiger partial charge in [0, 0.05) is 4.90 Å². The molecule has 2 N–H and O–H groups in total. The minimum atomic E-state index is -5.08. The molecule has 0 fully saturated rings. The number of hydrogen-bond donors (Lipinski definition) is 2. The maximum atomic E-state index is 12.3. The van der Waals surface area contributed by atoms with Crippen molar-refractivity contribution in [3.63, 3.8) is 0 Å². The van der Waals surface area contributed by atoms with Crippen LogP contribution in [0.2, 0.25) is 5.02 Å². The molecule has 2 aromatic rings. The highest BCUT2D eigenvalue weighted by molar-refractivity contribution is 7.99. The molecule has 3 rings (SSSR count). The number of sulfone groups is 1. The molecule has 0 aliphatic carbocycles. The molecule has 0 aromatic heterocycles. The predicted octanol–water partition coefficient (Wildman–Crippen LogP) is 4.62. The van der Waals surface area contributed by atoms with Crippen LogP contribution in [0.3, 0.4) is 0 Å². The Balaban J connectivity index is 0.000000451. The molecule has 0 saturated carbocycles. The lowest BCUT2D eigenvalue weighted by Gasteiger charge is -2.14. The number of aliphatic carboxylic acids is 1. The summed E-state index contributed by atoms with van der Waals surface area (Å²) < 4.78 is 56.4. The first-order valence-corrected chi connectivity index (χ1v) is 12.8. The number of thioether (sulfide) groups is 1. The molecule has 11 heteroatoms. The van der Waals surface area contributed by atoms with Crippen molar-refractivity contribution in [3.8, 4) is 0 Å². The number of benzene rings is 2. The molecular formula is C21H23ClF3NO4S2. The topological polar surface area (TPSA) is 83.5 Å². The van der Waals surface area contributed by atoms with E-state index in [-0.39, 0.29) is 5.75 Å². The van der Waals surface area contributed by atoms with E-state index in [4.69, 9.17) is 21.5 Å². The number of rotatable bonds is 6. The van der Waals surface area contributed by atoms with Crippen molar-refractivity contribution in [2.75, 3.05) is 24.6 Å². The van der Waals surface area contributed by atoms with Crippen LogP contribution in [0.15, 0.2) is 52.3 Å². The van der Waals surface area contributed by atoms with Gasteiger partial charge in [0.25, 0.3) is 0 Å². The first kappa shape index (κ1) is 26.5. The van der Waals surface area contributed by atoms with Crippen LogP contribution in [0.1, 0.15) is 17.5 Å². The normalized spacial score (nSPS) is 14.0. The first-order valence-electron chi connectivity index (χ1n) is 9.74. The molecule has 0 unspecified atom stereocenters. The van der Waals surface area contributed by atoms with Crippen LogP contribution in [0, 0.1) is 0 Å². The van der Waals surface area contributed by atoms with Crippen LogP contribution >= 0.6 is 23.4 Å². The molecule has 0 atom stereocenters. The number of alkyl halides is 3. The third-order valence-corrected chi connectivity index (χ3v) is 8.07. The molecule has 2 aromatic carbocycles. The molecule has 0 bridgehead atoms. The Kier molecular flexibility index (Phi) is 9.87. The van der Waals surface area contributed by atoms with Gasteiger partial charge in [0.15, 0.2) is 9.84 Å². The van der Waals surface area contributed by atoms with Crippen molar-refractivity contribution >= 4 is 39.2 Å². The van der Waals surface area contributed by atoms with Crippen molar-refractivity contribution in [3.05, 3.63) is 58.6 Å². The molecule has 0 radical (unpaired) electrons. The lowest BCUT2D eigenvalue weighted by molar-refractivity contribution is -0.192. The van der Waals surface area contributed by atoms with Crippen molar-refractivity contribution < 1.29 is 31.5 Å². The average molecular weight is 510 g/mol. The van der Waals surface area contributed by atoms with Crippen LogP contribution < -0.4 is 5.32 Å². The van der Waals surface area contributed by atoms with E-state index in [2.05, 4.69) is 11.4 Å². The van der Waals surface area contributed by atoms with Crippen molar-refractivity contribution in [2.24, 2.45) is 0 Å². The second-order valence-corrected chi connectivity index (χ2v) is 10.5. The van der Waals surface area contributed by atoms with E-state index in [1.165, 1.54) is 11.1 Å². The van der Waals surface area contributed by atoms with Gasteiger partial charge in [0.2, 0.25) is 0 Å². The van der Waals surface area contributed by atoms with E-state index in [1.54, 1.807) is 36.0 Å². The maximum Gasteiger partial charge on any atom is 0.490 e. The van der Waals surface area contributed by atoms with Crippen molar-refractivity contribution in [1.29, 1.82) is 0 Å². The Morgan fingerprint density at radius 1 is 1.09 bits per heavy atom. The molecule has 1 aliphatic rings. The highest BCUT2D eigenvalue weighted by Gasteiger charge is 2.38. The molecule has 176 valence electrons. The smallest absolute Gasteiger partial charge is 0.475 e. The van der Waals surface area contributed by atoms with Gasteiger partial charge in [-0.05, 0) is 67.4 Å². The van der Waals surface area contributed by atoms with Crippen LogP contribution in [0.5, 0.6) is 0 Å². The maximum absolute atomic E-state index is 12.3. The fourth-order valence-electron chi connectivity index (χ4n) is 3.03. The number of halogens is 4. The minimum Gasteiger partial charge on any atom is -0.475 e. The van der Waals surface area contributed by atoms with Gasteiger partial charge in [-0.2, -0.15) is 13.2 Å². The molecule has 0 spiro atoms. The molecule has 0 saturated heterocycles. The molecule has 32 heavy (non-hydrogen) atoms. The van der Waals surface area contributed by atoms with Gasteiger partial charge < -0.3 is 10.4 Å². The number of fused-ring (bicyclic) bond motifs is 1. The van der Waals surface area contributed by atoms with E-state index in [0.29, 0.717) is 11.3 Å². The summed E-state index contributed by atoms with van der Waals surface area (Å²) in [4.78, 5) is 10.4. The van der Waals surface area contributed by atoms with Gasteiger partial charge in [-0.15, -0.1) is 11.8 Å². The summed E-state index contributed by atoms with van der Waals surface area (Å²) >= 11 is 8.10. The lowest BCUT2D eigenvalue weighted by atomic mass is 10.0. The Hall–Kier alpha value is -1.75. The summed E-state index contributed by atoms with van der Waals surface area (Å²) in [7, 11) is -3.20. The van der Waals surface area contributed by atoms with E-state index < -0.39 is 22.0 Å². The minimum absolute atomic E-state index is 0.165. The van der Waals surface area contributed by atoms with Crippen LogP contribution in [-0.4, -0.2) is 50.3 Å². The first-order chi connectivity index (χ1) is 15.0. The number of carboxylic acid groups (broad SMARTS) is 1. The Morgan fingerprint density at radius 3 is 2.34 bits per heavy atom. The summed E-state index contributed by atoms with van der Waals surface area (Å²) in [6.45, 7) is 1.96. The third-order valence-electron chi connectivity index (χ3n) is 4.58. The van der Waals surface area contributed by atoms with Crippen LogP contribution in [0.4, 0.5) is 13.2 Å². The van der Waals surface area contributed by atoms with Gasteiger partial charge in [0.1, 0.15) is 0 Å². The average Bonchev–Trinajstić information content (AvgIpc) is 2.98. The predicted molar refractivity (Wildman–Crippen MR) is 119 cm³/mol. The van der Waals surface area contributed by atoms with Crippen molar-refractivity contribution in [2.45, 2.75) is 35.2 Å². The Labute approximate surface area is 194 Å². The van der Waals surface area contributed by atoms with E-state index in [0.717, 1.165) is 41.6 Å². The fraction of sp³-hybridized carbons (Fsp3) is 0.381. The Morgan fingerprint density at radius 2 is 1.72 bits per heavy atom. The van der Waals surface area contributed by atoms with Gasteiger partial charge in [-0.3, -0.25) is 0 Å². The van der Waals surface area contributed by atoms with Gasteiger partial charge in [-0.1, -0.05) is 35.9 Å². The zero-order valence-corrected chi connectivity index (χ0v) is 19.4. The van der Waals surface area contributed by atoms with Crippen LogP contribution in [-0.2, 0) is 27.5 Å². The van der Waals surface area contributed by atoms with Crippen LogP contribution in [0.25, 0.3) is 0 Å². The summed E-state index contributed by atoms with van der Waals surface area (Å²) in [5, 5.41) is 11.3. The van der Waals surface area contributed by atoms with E-state index >= 15 is 0 Å². The molecular weight excluding hydrogens is 487 g/mol. The standard InChI is InChI=1S/C19H22ClNO2S2.C2HF3O2/c20-18-8-7-15-9-11-21-12-10-17(15)19(18)24-13-4-14-25(22,23)16-5-2-1-3-6-16;3-2(4,5)1(6)7/h1-3,5-8,21H,4,9-14H2;(H,6,7). The summed E-state index contributed by atoms with van der Waals surface area (Å²) in [6, 6.07) is 12.7. The Bertz CT molecular complexity index is 1020. The molecule has 1 heterocycles. The van der Waals surface area contributed by atoms with Gasteiger partial charge in [-0.25, -0.2) is 13.2 Å². The third kappa shape index (κ3) is 7.99. The van der Waals surface area contributed by atoms with Gasteiger partial charge in [0.05, 0.1) is 15.7 Å². The monoisotopic (exact) mass is 509 g/mol. The van der Waals surface area contributed by atoms with E-state index in [1.807, 2.05) is 12.1 Å². The summed E-state index contributed by atoms with van der Waals surface area (Å²) in [5.41, 5.74) is 2.68. The number of carboxylic acids is 1. The van der Waals surface area contributed by atoms with E-state index in [9.17, 15) is 21.6 Å². The summed E-state index contributed by atoms with van der Waals surface area (Å²) in [6.07, 6.45) is -2.48. The number of carbonyl (C=O) groups is 1. The second kappa shape index (κ2) is 11.9. The van der Waals surface area contributed by atoms with Gasteiger partial charge >= 0.3 is 12.1 Å². The highest BCUT2D eigenvalue weighted by Crippen LogP contribution is 2.34. The molecule has 1 aliphatic heterocycles.